The maximum absolute atomic E-state index is 6.63. The molecule has 0 atom stereocenters. The zero-order valence-electron chi connectivity index (χ0n) is 34.7. The molecule has 63 heavy (non-hydrogen) atoms. The first-order valence-corrected chi connectivity index (χ1v) is 23.6. The number of anilines is 3. The fraction of sp³-hybridized carbons (Fsp3) is 0. The van der Waals surface area contributed by atoms with E-state index in [-0.39, 0.29) is 0 Å². The first-order valence-electron chi connectivity index (χ1n) is 21.6. The highest BCUT2D eigenvalue weighted by molar-refractivity contribution is 7.19. The molecule has 0 unspecified atom stereocenters. The summed E-state index contributed by atoms with van der Waals surface area (Å²) in [5.41, 5.74) is 11.9. The van der Waals surface area contributed by atoms with Crippen LogP contribution >= 0.6 is 0 Å². The molecule has 0 spiro atoms. The minimum Gasteiger partial charge on any atom is -0.456 e. The second-order valence-electron chi connectivity index (χ2n) is 16.1. The van der Waals surface area contributed by atoms with Gasteiger partial charge in [-0.05, 0) is 103 Å². The van der Waals surface area contributed by atoms with E-state index in [4.69, 9.17) is 4.42 Å². The van der Waals surface area contributed by atoms with Crippen LogP contribution in [0.5, 0.6) is 0 Å². The van der Waals surface area contributed by atoms with Crippen LogP contribution in [0, 0.1) is 0 Å². The molecule has 0 aliphatic rings. The van der Waals surface area contributed by atoms with Crippen LogP contribution in [0.4, 0.5) is 17.1 Å². The maximum atomic E-state index is 6.63. The van der Waals surface area contributed by atoms with Crippen molar-refractivity contribution in [3.63, 3.8) is 0 Å². The van der Waals surface area contributed by atoms with E-state index in [9.17, 15) is 0 Å². The zero-order chi connectivity index (χ0) is 42.0. The molecule has 0 saturated carbocycles. The number of hydrogen-bond acceptors (Lipinski definition) is 2. The lowest BCUT2D eigenvalue weighted by Gasteiger charge is -2.34. The van der Waals surface area contributed by atoms with Gasteiger partial charge in [0.05, 0.1) is 0 Å². The van der Waals surface area contributed by atoms with Gasteiger partial charge in [-0.15, -0.1) is 0 Å². The van der Waals surface area contributed by atoms with Crippen molar-refractivity contribution in [3.8, 4) is 33.4 Å². The lowest BCUT2D eigenvalue weighted by Crippen LogP contribution is -2.74. The summed E-state index contributed by atoms with van der Waals surface area (Å²) in [6.07, 6.45) is 0. The van der Waals surface area contributed by atoms with Gasteiger partial charge in [-0.1, -0.05) is 206 Å². The Morgan fingerprint density at radius 2 is 0.571 bits per heavy atom. The molecule has 0 radical (unpaired) electrons. The van der Waals surface area contributed by atoms with E-state index in [1.54, 1.807) is 0 Å². The third-order valence-corrected chi connectivity index (χ3v) is 17.2. The molecule has 0 bridgehead atoms. The summed E-state index contributed by atoms with van der Waals surface area (Å²) >= 11 is 0. The third kappa shape index (κ3) is 7.05. The second-order valence-corrected chi connectivity index (χ2v) is 19.9. The van der Waals surface area contributed by atoms with E-state index >= 15 is 0 Å². The fourth-order valence-electron chi connectivity index (χ4n) is 9.38. The van der Waals surface area contributed by atoms with Crippen molar-refractivity contribution in [2.24, 2.45) is 0 Å². The summed E-state index contributed by atoms with van der Waals surface area (Å²) in [5.74, 6) is 0. The van der Waals surface area contributed by atoms with Crippen LogP contribution in [0.1, 0.15) is 0 Å². The molecule has 298 valence electrons. The van der Waals surface area contributed by atoms with E-state index in [1.165, 1.54) is 43.0 Å². The van der Waals surface area contributed by atoms with Crippen LogP contribution in [0.2, 0.25) is 0 Å². The van der Waals surface area contributed by atoms with E-state index in [1.807, 2.05) is 6.07 Å². The maximum Gasteiger partial charge on any atom is 0.179 e. The Morgan fingerprint density at radius 1 is 0.254 bits per heavy atom. The van der Waals surface area contributed by atoms with Crippen molar-refractivity contribution in [2.45, 2.75) is 0 Å². The van der Waals surface area contributed by atoms with Crippen molar-refractivity contribution in [1.29, 1.82) is 0 Å². The minimum atomic E-state index is -2.61. The molecule has 1 aromatic heterocycles. The van der Waals surface area contributed by atoms with Gasteiger partial charge in [0.2, 0.25) is 0 Å². The summed E-state index contributed by atoms with van der Waals surface area (Å²) in [4.78, 5) is 2.32. The van der Waals surface area contributed by atoms with E-state index in [0.717, 1.165) is 50.1 Å². The van der Waals surface area contributed by atoms with Gasteiger partial charge in [0.1, 0.15) is 11.2 Å². The summed E-state index contributed by atoms with van der Waals surface area (Å²) in [7, 11) is -2.61. The highest BCUT2D eigenvalue weighted by Crippen LogP contribution is 2.40. The fourth-order valence-corrected chi connectivity index (χ4v) is 14.1. The second kappa shape index (κ2) is 16.5. The van der Waals surface area contributed by atoms with Gasteiger partial charge in [-0.25, -0.2) is 0 Å². The number of furan rings is 1. The van der Waals surface area contributed by atoms with Crippen LogP contribution in [0.15, 0.2) is 265 Å². The van der Waals surface area contributed by atoms with Gasteiger partial charge < -0.3 is 9.32 Å². The molecule has 0 aliphatic heterocycles. The Bertz CT molecular complexity index is 3180. The van der Waals surface area contributed by atoms with Gasteiger partial charge in [0.15, 0.2) is 8.07 Å². The molecule has 0 fully saturated rings. The highest BCUT2D eigenvalue weighted by atomic mass is 28.3. The Hall–Kier alpha value is -7.98. The molecular formula is C60H43NOSi. The molecule has 0 N–H and O–H groups in total. The van der Waals surface area contributed by atoms with Crippen molar-refractivity contribution in [1.82, 2.24) is 0 Å². The van der Waals surface area contributed by atoms with Gasteiger partial charge in [-0.3, -0.25) is 0 Å². The van der Waals surface area contributed by atoms with E-state index in [2.05, 4.69) is 260 Å². The van der Waals surface area contributed by atoms with Gasteiger partial charge in [-0.2, -0.15) is 0 Å². The molecule has 1 heterocycles. The largest absolute Gasteiger partial charge is 0.456 e. The summed E-state index contributed by atoms with van der Waals surface area (Å²) in [6.45, 7) is 0. The number of fused-ring (bicyclic) bond motifs is 3. The van der Waals surface area contributed by atoms with Crippen molar-refractivity contribution in [3.05, 3.63) is 261 Å². The molecule has 2 nitrogen and oxygen atoms in total. The predicted octanol–water partition coefficient (Wildman–Crippen LogP) is 13.4. The molecule has 0 aliphatic carbocycles. The topological polar surface area (TPSA) is 16.4 Å². The monoisotopic (exact) mass is 821 g/mol. The van der Waals surface area contributed by atoms with E-state index < -0.39 is 8.07 Å². The lowest BCUT2D eigenvalue weighted by atomic mass is 10.0. The normalized spacial score (nSPS) is 11.5. The number of nitrogens with zero attached hydrogens (tertiary/aromatic N) is 1. The molecule has 3 heteroatoms. The quantitative estimate of drug-likeness (QED) is 0.101. The molecule has 10 aromatic carbocycles. The van der Waals surface area contributed by atoms with Gasteiger partial charge in [0.25, 0.3) is 0 Å². The Kier molecular flexibility index (Phi) is 9.93. The Balaban J connectivity index is 0.976. The van der Waals surface area contributed by atoms with Gasteiger partial charge in [0, 0.05) is 33.9 Å². The highest BCUT2D eigenvalue weighted by Gasteiger charge is 2.41. The average Bonchev–Trinajstić information content (AvgIpc) is 3.74. The number of rotatable bonds is 10. The Morgan fingerprint density at radius 3 is 1.03 bits per heavy atom. The minimum absolute atomic E-state index is 0.858. The van der Waals surface area contributed by atoms with Crippen LogP contribution in [-0.4, -0.2) is 8.07 Å². The predicted molar refractivity (Wildman–Crippen MR) is 268 cm³/mol. The van der Waals surface area contributed by atoms with Crippen LogP contribution in [0.3, 0.4) is 0 Å². The molecule has 11 aromatic rings. The van der Waals surface area contributed by atoms with Crippen LogP contribution in [-0.2, 0) is 0 Å². The first kappa shape index (κ1) is 38.0. The van der Waals surface area contributed by atoms with Gasteiger partial charge >= 0.3 is 0 Å². The molecule has 0 amide bonds. The summed E-state index contributed by atoms with van der Waals surface area (Å²) < 4.78 is 6.63. The molecule has 11 rings (SSSR count). The number of hydrogen-bond donors (Lipinski definition) is 0. The third-order valence-electron chi connectivity index (χ3n) is 12.5. The van der Waals surface area contributed by atoms with Crippen LogP contribution in [0.25, 0.3) is 55.3 Å². The van der Waals surface area contributed by atoms with Crippen molar-refractivity contribution in [2.75, 3.05) is 4.90 Å². The van der Waals surface area contributed by atoms with Crippen molar-refractivity contribution < 1.29 is 4.42 Å². The molecular weight excluding hydrogens is 779 g/mol. The first-order chi connectivity index (χ1) is 31.2. The van der Waals surface area contributed by atoms with Crippen LogP contribution < -0.4 is 25.6 Å². The number of benzene rings is 10. The smallest absolute Gasteiger partial charge is 0.179 e. The summed E-state index contributed by atoms with van der Waals surface area (Å²) in [6, 6.07) is 94.6. The zero-order valence-corrected chi connectivity index (χ0v) is 35.7. The lowest BCUT2D eigenvalue weighted by molar-refractivity contribution is 0.669. The van der Waals surface area contributed by atoms with E-state index in [0.29, 0.717) is 0 Å². The Labute approximate surface area is 369 Å². The average molecular weight is 822 g/mol. The SMILES string of the molecule is c1ccc(-c2ccc(N(c3ccc(-c4ccc([Si](c5ccccc5)(c5ccccc5)c5ccccc5)cc4)cc3)c3ccc4c(c3)oc3cc(-c5ccccc5)ccc34)cc2)cc1. The van der Waals surface area contributed by atoms with Crippen molar-refractivity contribution >= 4 is 67.8 Å². The standard InChI is InChI=1S/C60H43NOSi/c1-6-16-44(17-7-1)46-26-33-50(34-27-46)61(52-37-41-58-57-40-32-49(45-18-8-2-9-19-45)42-59(57)62-60(58)43-52)51-35-28-47(29-36-51)48-30-38-56(39-31-48)63(53-20-10-3-11-21-53,54-22-12-4-13-23-54)55-24-14-5-15-25-55/h1-43H. The molecule has 0 saturated heterocycles. The summed E-state index contributed by atoms with van der Waals surface area (Å²) in [5, 5.41) is 7.68.